The van der Waals surface area contributed by atoms with Gasteiger partial charge < -0.3 is 5.11 Å². The first-order chi connectivity index (χ1) is 4.57. The minimum Gasteiger partial charge on any atom is -0.478 e. The highest BCUT2D eigenvalue weighted by Gasteiger charge is 2.01. The van der Waals surface area contributed by atoms with Crippen LogP contribution < -0.4 is 0 Å². The molecule has 3 nitrogen and oxygen atoms in total. The molecule has 0 saturated heterocycles. The van der Waals surface area contributed by atoms with Crippen molar-refractivity contribution in [2.24, 2.45) is 0 Å². The summed E-state index contributed by atoms with van der Waals surface area (Å²) in [5.41, 5.74) is 0.0597. The Morgan fingerprint density at radius 3 is 2.40 bits per heavy atom. The van der Waals surface area contributed by atoms with Gasteiger partial charge in [0.15, 0.2) is 5.78 Å². The van der Waals surface area contributed by atoms with Gasteiger partial charge in [-0.1, -0.05) is 15.9 Å². The molecule has 0 aliphatic rings. The molecule has 4 heteroatoms. The molecule has 0 heterocycles. The smallest absolute Gasteiger partial charge is 0.331 e. The van der Waals surface area contributed by atoms with Gasteiger partial charge in [-0.3, -0.25) is 4.79 Å². The summed E-state index contributed by atoms with van der Waals surface area (Å²) in [5.74, 6) is -1.30. The van der Waals surface area contributed by atoms with Crippen LogP contribution in [-0.2, 0) is 9.59 Å². The summed E-state index contributed by atoms with van der Waals surface area (Å²) in [7, 11) is 0. The van der Waals surface area contributed by atoms with Gasteiger partial charge in [0, 0.05) is 5.57 Å². The molecular weight excluding hydrogens is 200 g/mol. The zero-order valence-electron chi connectivity index (χ0n) is 5.43. The Balaban J connectivity index is 4.16. The summed E-state index contributed by atoms with van der Waals surface area (Å²) in [4.78, 5) is 20.7. The molecule has 0 atom stereocenters. The van der Waals surface area contributed by atoms with Crippen LogP contribution in [0.15, 0.2) is 11.6 Å². The second-order valence-corrected chi connectivity index (χ2v) is 2.29. The van der Waals surface area contributed by atoms with Crippen molar-refractivity contribution in [1.29, 1.82) is 0 Å². The Kier molecular flexibility index (Phi) is 3.95. The van der Waals surface area contributed by atoms with Crippen molar-refractivity contribution < 1.29 is 14.7 Å². The maximum atomic E-state index is 10.5. The van der Waals surface area contributed by atoms with Crippen LogP contribution in [0.3, 0.4) is 0 Å². The van der Waals surface area contributed by atoms with E-state index >= 15 is 0 Å². The van der Waals surface area contributed by atoms with Gasteiger partial charge in [0.05, 0.1) is 5.33 Å². The summed E-state index contributed by atoms with van der Waals surface area (Å²) in [6, 6.07) is 0. The van der Waals surface area contributed by atoms with Crippen molar-refractivity contribution in [1.82, 2.24) is 0 Å². The second-order valence-electron chi connectivity index (χ2n) is 1.73. The van der Waals surface area contributed by atoms with Crippen molar-refractivity contribution in [2.75, 3.05) is 5.33 Å². The maximum Gasteiger partial charge on any atom is 0.331 e. The highest BCUT2D eigenvalue weighted by Crippen LogP contribution is 1.94. The van der Waals surface area contributed by atoms with Gasteiger partial charge in [-0.05, 0) is 13.0 Å². The van der Waals surface area contributed by atoms with Gasteiger partial charge in [0.2, 0.25) is 0 Å². The largest absolute Gasteiger partial charge is 0.478 e. The van der Waals surface area contributed by atoms with Crippen LogP contribution in [-0.4, -0.2) is 22.2 Å². The van der Waals surface area contributed by atoms with E-state index < -0.39 is 5.97 Å². The second kappa shape index (κ2) is 4.22. The molecule has 10 heavy (non-hydrogen) atoms. The lowest BCUT2D eigenvalue weighted by atomic mass is 10.2. The molecule has 0 spiro atoms. The lowest BCUT2D eigenvalue weighted by Gasteiger charge is -1.89. The zero-order valence-corrected chi connectivity index (χ0v) is 7.01. The van der Waals surface area contributed by atoms with Crippen LogP contribution in [0.25, 0.3) is 0 Å². The first-order valence-corrected chi connectivity index (χ1v) is 3.70. The fourth-order valence-corrected chi connectivity index (χ4v) is 0.504. The predicted molar refractivity (Wildman–Crippen MR) is 40.2 cm³/mol. The van der Waals surface area contributed by atoms with Crippen LogP contribution in [0.4, 0.5) is 0 Å². The molecule has 0 fully saturated rings. The van der Waals surface area contributed by atoms with Crippen molar-refractivity contribution in [3.63, 3.8) is 0 Å². The zero-order chi connectivity index (χ0) is 8.15. The summed E-state index contributed by atoms with van der Waals surface area (Å²) >= 11 is 2.91. The fourth-order valence-electron chi connectivity index (χ4n) is 0.342. The van der Waals surface area contributed by atoms with Crippen LogP contribution >= 0.6 is 15.9 Å². The molecule has 0 saturated carbocycles. The van der Waals surface area contributed by atoms with Crippen molar-refractivity contribution >= 4 is 27.7 Å². The van der Waals surface area contributed by atoms with E-state index in [2.05, 4.69) is 15.9 Å². The lowest BCUT2D eigenvalue weighted by molar-refractivity contribution is -0.132. The van der Waals surface area contributed by atoms with Gasteiger partial charge in [0.25, 0.3) is 0 Å². The monoisotopic (exact) mass is 206 g/mol. The summed E-state index contributed by atoms with van der Waals surface area (Å²) in [5, 5.41) is 8.45. The molecular formula is C6H7BrO3. The molecule has 0 aromatic rings. The highest BCUT2D eigenvalue weighted by molar-refractivity contribution is 9.09. The van der Waals surface area contributed by atoms with Gasteiger partial charge in [-0.15, -0.1) is 0 Å². The molecule has 56 valence electrons. The minimum absolute atomic E-state index is 0.0597. The quantitative estimate of drug-likeness (QED) is 0.554. The number of carboxylic acids is 1. The van der Waals surface area contributed by atoms with Crippen molar-refractivity contribution in [3.05, 3.63) is 11.6 Å². The highest BCUT2D eigenvalue weighted by atomic mass is 79.9. The average molecular weight is 207 g/mol. The number of hydrogen-bond acceptors (Lipinski definition) is 2. The normalized spacial score (nSPS) is 11.2. The Hall–Kier alpha value is -0.640. The molecule has 0 unspecified atom stereocenters. The molecule has 1 N–H and O–H groups in total. The maximum absolute atomic E-state index is 10.5. The Morgan fingerprint density at radius 2 is 2.10 bits per heavy atom. The lowest BCUT2D eigenvalue weighted by Crippen LogP contribution is -2.01. The minimum atomic E-state index is -1.06. The van der Waals surface area contributed by atoms with Gasteiger partial charge in [0.1, 0.15) is 0 Å². The molecule has 0 aromatic carbocycles. The fraction of sp³-hybridized carbons (Fsp3) is 0.333. The number of carbonyl (C=O) groups is 2. The topological polar surface area (TPSA) is 54.4 Å². The molecule has 0 aliphatic carbocycles. The van der Waals surface area contributed by atoms with E-state index in [9.17, 15) is 9.59 Å². The number of rotatable bonds is 3. The molecule has 0 bridgehead atoms. The Bertz CT molecular complexity index is 183. The number of halogens is 1. The van der Waals surface area contributed by atoms with E-state index in [1.54, 1.807) is 0 Å². The van der Waals surface area contributed by atoms with Crippen LogP contribution in [0.2, 0.25) is 0 Å². The van der Waals surface area contributed by atoms with Crippen LogP contribution in [0.5, 0.6) is 0 Å². The number of carboxylic acid groups (broad SMARTS) is 1. The number of carbonyl (C=O) groups excluding carboxylic acids is 1. The third kappa shape index (κ3) is 3.40. The van der Waals surface area contributed by atoms with Gasteiger partial charge in [-0.2, -0.15) is 0 Å². The summed E-state index contributed by atoms with van der Waals surface area (Å²) in [6.07, 6.45) is 1.09. The first kappa shape index (κ1) is 9.36. The standard InChI is InChI=1S/C6H7BrO3/c1-4(6(9)10)2-5(8)3-7/h2H,3H2,1H3,(H,9,10). The summed E-state index contributed by atoms with van der Waals surface area (Å²) < 4.78 is 0. The van der Waals surface area contributed by atoms with E-state index in [1.165, 1.54) is 6.92 Å². The van der Waals surface area contributed by atoms with E-state index in [-0.39, 0.29) is 16.7 Å². The third-order valence-corrected chi connectivity index (χ3v) is 1.40. The van der Waals surface area contributed by atoms with E-state index in [0.717, 1.165) is 6.08 Å². The SMILES string of the molecule is CC(=CC(=O)CBr)C(=O)O. The number of alkyl halides is 1. The average Bonchev–Trinajstić information content (AvgIpc) is 1.87. The number of aliphatic carboxylic acids is 1. The van der Waals surface area contributed by atoms with E-state index in [1.807, 2.05) is 0 Å². The number of hydrogen-bond donors (Lipinski definition) is 1. The molecule has 0 rings (SSSR count). The summed E-state index contributed by atoms with van der Waals surface area (Å²) in [6.45, 7) is 1.38. The molecule has 0 aliphatic heterocycles. The Morgan fingerprint density at radius 1 is 1.60 bits per heavy atom. The van der Waals surface area contributed by atoms with Crippen molar-refractivity contribution in [2.45, 2.75) is 6.92 Å². The first-order valence-electron chi connectivity index (χ1n) is 2.58. The van der Waals surface area contributed by atoms with Gasteiger partial charge >= 0.3 is 5.97 Å². The van der Waals surface area contributed by atoms with E-state index in [4.69, 9.17) is 5.11 Å². The number of allylic oxidation sites excluding steroid dienone is 1. The number of ketones is 1. The van der Waals surface area contributed by atoms with Gasteiger partial charge in [-0.25, -0.2) is 4.79 Å². The molecule has 0 aromatic heterocycles. The molecule has 0 amide bonds. The molecule has 0 radical (unpaired) electrons. The van der Waals surface area contributed by atoms with Crippen molar-refractivity contribution in [3.8, 4) is 0 Å². The third-order valence-electron chi connectivity index (χ3n) is 0.847. The van der Waals surface area contributed by atoms with Crippen LogP contribution in [0, 0.1) is 0 Å². The van der Waals surface area contributed by atoms with Crippen LogP contribution in [0.1, 0.15) is 6.92 Å². The predicted octanol–water partition coefficient (Wildman–Crippen LogP) is 0.981. The Labute approximate surface area is 66.9 Å². The van der Waals surface area contributed by atoms with E-state index in [0.29, 0.717) is 0 Å².